The molecule has 0 aliphatic carbocycles. The quantitative estimate of drug-likeness (QED) is 0.909. The number of amides is 1. The van der Waals surface area contributed by atoms with Gasteiger partial charge >= 0.3 is 0 Å². The number of carbonyl (C=O) groups excluding carboxylic acids is 1. The number of carbonyl (C=O) groups is 1. The summed E-state index contributed by atoms with van der Waals surface area (Å²) in [4.78, 5) is 12.3. The maximum Gasteiger partial charge on any atom is 0.248 e. The molecule has 0 aliphatic rings. The zero-order valence-corrected chi connectivity index (χ0v) is 9.79. The van der Waals surface area contributed by atoms with Gasteiger partial charge in [-0.15, -0.1) is 0 Å². The van der Waals surface area contributed by atoms with E-state index >= 15 is 0 Å². The van der Waals surface area contributed by atoms with E-state index in [0.717, 1.165) is 4.47 Å². The van der Waals surface area contributed by atoms with Crippen molar-refractivity contribution in [1.82, 2.24) is 4.90 Å². The first kappa shape index (κ1) is 12.1. The number of benzene rings is 1. The predicted molar refractivity (Wildman–Crippen MR) is 57.7 cm³/mol. The summed E-state index contributed by atoms with van der Waals surface area (Å²) in [5, 5.41) is 8.61. The van der Waals surface area contributed by atoms with Crippen LogP contribution in [0.15, 0.2) is 22.7 Å². The Balaban J connectivity index is 2.80. The van der Waals surface area contributed by atoms with Gasteiger partial charge in [0, 0.05) is 23.6 Å². The molecule has 1 rings (SSSR count). The largest absolute Gasteiger partial charge is 0.387 e. The number of halogens is 2. The molecule has 0 unspecified atom stereocenters. The lowest BCUT2D eigenvalue weighted by molar-refractivity contribution is -0.133. The van der Waals surface area contributed by atoms with Crippen LogP contribution >= 0.6 is 15.9 Å². The van der Waals surface area contributed by atoms with Crippen molar-refractivity contribution in [3.8, 4) is 0 Å². The Labute approximate surface area is 95.6 Å². The highest BCUT2D eigenvalue weighted by Gasteiger charge is 2.10. The molecule has 1 aromatic rings. The van der Waals surface area contributed by atoms with Crippen LogP contribution in [0.25, 0.3) is 0 Å². The van der Waals surface area contributed by atoms with Gasteiger partial charge in [0.25, 0.3) is 0 Å². The summed E-state index contributed by atoms with van der Waals surface area (Å²) in [6.45, 7) is -0.420. The molecule has 0 saturated carbocycles. The van der Waals surface area contributed by atoms with Crippen molar-refractivity contribution in [2.75, 3.05) is 13.7 Å². The highest BCUT2D eigenvalue weighted by atomic mass is 79.9. The molecular weight excluding hydrogens is 265 g/mol. The van der Waals surface area contributed by atoms with Gasteiger partial charge < -0.3 is 10.0 Å². The Kier molecular flexibility index (Phi) is 4.23. The molecule has 1 aromatic carbocycles. The van der Waals surface area contributed by atoms with Crippen LogP contribution < -0.4 is 0 Å². The number of hydrogen-bond donors (Lipinski definition) is 1. The monoisotopic (exact) mass is 275 g/mol. The molecule has 0 fully saturated rings. The molecule has 15 heavy (non-hydrogen) atoms. The molecule has 0 aliphatic heterocycles. The van der Waals surface area contributed by atoms with Gasteiger partial charge in [-0.2, -0.15) is 0 Å². The molecule has 5 heteroatoms. The molecule has 1 amide bonds. The normalized spacial score (nSPS) is 10.1. The highest BCUT2D eigenvalue weighted by Crippen LogP contribution is 2.16. The fraction of sp³-hybridized carbons (Fsp3) is 0.300. The number of aliphatic hydroxyl groups excluding tert-OH is 1. The Hall–Kier alpha value is -0.940. The van der Waals surface area contributed by atoms with E-state index in [-0.39, 0.29) is 12.4 Å². The number of aliphatic hydroxyl groups is 1. The summed E-state index contributed by atoms with van der Waals surface area (Å²) in [6, 6.07) is 4.53. The first-order valence-electron chi connectivity index (χ1n) is 4.33. The van der Waals surface area contributed by atoms with Crippen LogP contribution in [0.3, 0.4) is 0 Å². The lowest BCUT2D eigenvalue weighted by Crippen LogP contribution is -2.29. The molecule has 0 saturated heterocycles. The summed E-state index contributed by atoms with van der Waals surface area (Å²) in [5.41, 5.74) is 0.411. The molecule has 0 aromatic heterocycles. The maximum atomic E-state index is 13.3. The van der Waals surface area contributed by atoms with Crippen LogP contribution in [0.4, 0.5) is 4.39 Å². The highest BCUT2D eigenvalue weighted by molar-refractivity contribution is 9.10. The van der Waals surface area contributed by atoms with E-state index in [1.165, 1.54) is 18.0 Å². The average Bonchev–Trinajstić information content (AvgIpc) is 2.22. The number of likely N-dealkylation sites (N-methyl/N-ethyl adjacent to an activating group) is 1. The van der Waals surface area contributed by atoms with E-state index in [2.05, 4.69) is 15.9 Å². The average molecular weight is 276 g/mol. The molecule has 1 N–H and O–H groups in total. The SMILES string of the molecule is CN(Cc1cc(Br)ccc1F)C(=O)CO. The predicted octanol–water partition coefficient (Wildman–Crippen LogP) is 1.54. The molecule has 0 atom stereocenters. The number of rotatable bonds is 3. The van der Waals surface area contributed by atoms with Gasteiger partial charge in [0.05, 0.1) is 0 Å². The van der Waals surface area contributed by atoms with Gasteiger partial charge in [-0.25, -0.2) is 4.39 Å². The van der Waals surface area contributed by atoms with E-state index in [1.807, 2.05) is 0 Å². The summed E-state index contributed by atoms with van der Waals surface area (Å²) < 4.78 is 14.0. The summed E-state index contributed by atoms with van der Waals surface area (Å²) in [6.07, 6.45) is 0. The zero-order valence-electron chi connectivity index (χ0n) is 8.20. The topological polar surface area (TPSA) is 40.5 Å². The molecule has 0 radical (unpaired) electrons. The van der Waals surface area contributed by atoms with Gasteiger partial charge in [0.2, 0.25) is 5.91 Å². The lowest BCUT2D eigenvalue weighted by Gasteiger charge is -2.16. The summed E-state index contributed by atoms with van der Waals surface area (Å²) in [7, 11) is 1.51. The van der Waals surface area contributed by atoms with Gasteiger partial charge in [-0.1, -0.05) is 15.9 Å². The molecular formula is C10H11BrFNO2. The van der Waals surface area contributed by atoms with Crippen LogP contribution in [0.5, 0.6) is 0 Å². The molecule has 82 valence electrons. The Morgan fingerprint density at radius 1 is 1.60 bits per heavy atom. The van der Waals surface area contributed by atoms with E-state index in [9.17, 15) is 9.18 Å². The van der Waals surface area contributed by atoms with Gasteiger partial charge in [-0.05, 0) is 18.2 Å². The number of nitrogens with zero attached hydrogens (tertiary/aromatic N) is 1. The second-order valence-corrected chi connectivity index (χ2v) is 4.06. The van der Waals surface area contributed by atoms with Crippen LogP contribution in [0.2, 0.25) is 0 Å². The lowest BCUT2D eigenvalue weighted by atomic mass is 10.2. The second-order valence-electron chi connectivity index (χ2n) is 3.14. The second kappa shape index (κ2) is 5.23. The van der Waals surface area contributed by atoms with E-state index in [4.69, 9.17) is 5.11 Å². The minimum Gasteiger partial charge on any atom is -0.387 e. The fourth-order valence-electron chi connectivity index (χ4n) is 1.13. The molecule has 0 bridgehead atoms. The van der Waals surface area contributed by atoms with Crippen molar-refractivity contribution in [2.24, 2.45) is 0 Å². The van der Waals surface area contributed by atoms with Crippen LogP contribution in [-0.2, 0) is 11.3 Å². The Morgan fingerprint density at radius 3 is 2.87 bits per heavy atom. The van der Waals surface area contributed by atoms with Crippen molar-refractivity contribution in [1.29, 1.82) is 0 Å². The fourth-order valence-corrected chi connectivity index (χ4v) is 1.54. The summed E-state index contributed by atoms with van der Waals surface area (Å²) >= 11 is 3.22. The molecule has 3 nitrogen and oxygen atoms in total. The third-order valence-electron chi connectivity index (χ3n) is 1.98. The van der Waals surface area contributed by atoms with Crippen molar-refractivity contribution >= 4 is 21.8 Å². The molecule has 0 spiro atoms. The standard InChI is InChI=1S/C10H11BrFNO2/c1-13(10(15)6-14)5-7-4-8(11)2-3-9(7)12/h2-4,14H,5-6H2,1H3. The van der Waals surface area contributed by atoms with Crippen molar-refractivity contribution in [3.05, 3.63) is 34.1 Å². The van der Waals surface area contributed by atoms with Gasteiger partial charge in [-0.3, -0.25) is 4.79 Å². The van der Waals surface area contributed by atoms with Gasteiger partial charge in [0.15, 0.2) is 0 Å². The van der Waals surface area contributed by atoms with E-state index < -0.39 is 12.5 Å². The minimum atomic E-state index is -0.563. The first-order chi connectivity index (χ1) is 7.04. The van der Waals surface area contributed by atoms with Crippen LogP contribution in [-0.4, -0.2) is 29.6 Å². The smallest absolute Gasteiger partial charge is 0.248 e. The van der Waals surface area contributed by atoms with Crippen molar-refractivity contribution < 1.29 is 14.3 Å². The van der Waals surface area contributed by atoms with Crippen LogP contribution in [0.1, 0.15) is 5.56 Å². The third kappa shape index (κ3) is 3.28. The summed E-state index contributed by atoms with van der Waals surface area (Å²) in [5.74, 6) is -0.801. The third-order valence-corrected chi connectivity index (χ3v) is 2.47. The molecule has 0 heterocycles. The Bertz CT molecular complexity index is 370. The first-order valence-corrected chi connectivity index (χ1v) is 5.12. The zero-order chi connectivity index (χ0) is 11.4. The van der Waals surface area contributed by atoms with Crippen molar-refractivity contribution in [2.45, 2.75) is 6.54 Å². The maximum absolute atomic E-state index is 13.3. The number of hydrogen-bond acceptors (Lipinski definition) is 2. The van der Waals surface area contributed by atoms with Crippen molar-refractivity contribution in [3.63, 3.8) is 0 Å². The van der Waals surface area contributed by atoms with E-state index in [0.29, 0.717) is 5.56 Å². The minimum absolute atomic E-state index is 0.144. The van der Waals surface area contributed by atoms with Gasteiger partial charge in [0.1, 0.15) is 12.4 Å². The van der Waals surface area contributed by atoms with Crippen LogP contribution in [0, 0.1) is 5.82 Å². The Morgan fingerprint density at radius 2 is 2.27 bits per heavy atom. The van der Waals surface area contributed by atoms with E-state index in [1.54, 1.807) is 12.1 Å².